The van der Waals surface area contributed by atoms with Crippen LogP contribution >= 0.6 is 15.9 Å². The standard InChI is InChI=1S/C16H12BrNO7/c17-6-11(14-12(20)13(21)16(23)25-14)24-15(22)9-5-10(19)7-3-1-2-4-8(7)18-9/h1-5,11,14,20-21H,6H2,(H,18,19)/t11-,14+/m0/s1. The molecule has 1 aliphatic heterocycles. The van der Waals surface area contributed by atoms with Crippen molar-refractivity contribution in [3.05, 3.63) is 57.8 Å². The number of benzene rings is 1. The van der Waals surface area contributed by atoms with E-state index in [4.69, 9.17) is 9.47 Å². The largest absolute Gasteiger partial charge is 0.505 e. The molecule has 25 heavy (non-hydrogen) atoms. The van der Waals surface area contributed by atoms with Crippen molar-refractivity contribution in [3.8, 4) is 0 Å². The Bertz CT molecular complexity index is 949. The van der Waals surface area contributed by atoms with Crippen molar-refractivity contribution in [1.82, 2.24) is 4.98 Å². The molecule has 1 aliphatic rings. The quantitative estimate of drug-likeness (QED) is 0.518. The number of alkyl halides is 1. The van der Waals surface area contributed by atoms with Crippen molar-refractivity contribution in [2.45, 2.75) is 12.2 Å². The molecular formula is C16H12BrNO7. The van der Waals surface area contributed by atoms with Gasteiger partial charge in [0.25, 0.3) is 0 Å². The number of cyclic esters (lactones) is 1. The second kappa shape index (κ2) is 6.60. The van der Waals surface area contributed by atoms with Gasteiger partial charge in [-0.25, -0.2) is 9.59 Å². The lowest BCUT2D eigenvalue weighted by Gasteiger charge is -2.20. The molecule has 1 aromatic carbocycles. The lowest BCUT2D eigenvalue weighted by Crippen LogP contribution is -2.35. The molecule has 0 spiro atoms. The summed E-state index contributed by atoms with van der Waals surface area (Å²) in [5, 5.41) is 19.5. The maximum atomic E-state index is 12.3. The van der Waals surface area contributed by atoms with Crippen LogP contribution in [-0.2, 0) is 14.3 Å². The first-order chi connectivity index (χ1) is 11.9. The van der Waals surface area contributed by atoms with Gasteiger partial charge in [0.1, 0.15) is 5.69 Å². The minimum Gasteiger partial charge on any atom is -0.505 e. The van der Waals surface area contributed by atoms with Gasteiger partial charge in [-0.3, -0.25) is 4.79 Å². The fourth-order valence-corrected chi connectivity index (χ4v) is 2.87. The van der Waals surface area contributed by atoms with Gasteiger partial charge in [0.05, 0.1) is 0 Å². The van der Waals surface area contributed by atoms with E-state index in [1.165, 1.54) is 0 Å². The van der Waals surface area contributed by atoms with Gasteiger partial charge in [0.15, 0.2) is 17.3 Å². The van der Waals surface area contributed by atoms with Gasteiger partial charge in [0.2, 0.25) is 11.9 Å². The molecule has 9 heteroatoms. The molecule has 2 aromatic rings. The Morgan fingerprint density at radius 2 is 2.04 bits per heavy atom. The van der Waals surface area contributed by atoms with E-state index >= 15 is 0 Å². The second-order valence-corrected chi connectivity index (χ2v) is 5.90. The van der Waals surface area contributed by atoms with Crippen LogP contribution in [0.5, 0.6) is 0 Å². The summed E-state index contributed by atoms with van der Waals surface area (Å²) >= 11 is 3.09. The summed E-state index contributed by atoms with van der Waals surface area (Å²) in [7, 11) is 0. The molecule has 0 bridgehead atoms. The molecule has 0 unspecified atom stereocenters. The summed E-state index contributed by atoms with van der Waals surface area (Å²) < 4.78 is 9.98. The van der Waals surface area contributed by atoms with Crippen LogP contribution < -0.4 is 5.43 Å². The predicted molar refractivity (Wildman–Crippen MR) is 89.7 cm³/mol. The highest BCUT2D eigenvalue weighted by molar-refractivity contribution is 9.09. The highest BCUT2D eigenvalue weighted by Crippen LogP contribution is 2.24. The van der Waals surface area contributed by atoms with Crippen LogP contribution in [-0.4, -0.2) is 44.7 Å². The Morgan fingerprint density at radius 3 is 2.68 bits per heavy atom. The summed E-state index contributed by atoms with van der Waals surface area (Å²) in [5.41, 5.74) is 0.0149. The number of halogens is 1. The third-order valence-electron chi connectivity index (χ3n) is 3.64. The summed E-state index contributed by atoms with van der Waals surface area (Å²) in [6.45, 7) is 0. The number of rotatable bonds is 4. The smallest absolute Gasteiger partial charge is 0.378 e. The van der Waals surface area contributed by atoms with Crippen LogP contribution in [0.2, 0.25) is 0 Å². The number of hydrogen-bond acceptors (Lipinski definition) is 7. The van der Waals surface area contributed by atoms with E-state index in [0.717, 1.165) is 6.07 Å². The summed E-state index contributed by atoms with van der Waals surface area (Å²) in [6.07, 6.45) is -2.43. The van der Waals surface area contributed by atoms with Crippen molar-refractivity contribution in [2.75, 3.05) is 5.33 Å². The average Bonchev–Trinajstić information content (AvgIpc) is 2.87. The zero-order chi connectivity index (χ0) is 18.1. The highest BCUT2D eigenvalue weighted by Gasteiger charge is 2.41. The number of nitrogens with one attached hydrogen (secondary N) is 1. The number of H-pyrrole nitrogens is 1. The van der Waals surface area contributed by atoms with Crippen molar-refractivity contribution in [2.24, 2.45) is 0 Å². The predicted octanol–water partition coefficient (Wildman–Crippen LogP) is 1.70. The number of aliphatic hydroxyl groups excluding tert-OH is 2. The summed E-state index contributed by atoms with van der Waals surface area (Å²) in [4.78, 5) is 38.5. The molecule has 3 rings (SSSR count). The fraction of sp³-hybridized carbons (Fsp3) is 0.188. The molecule has 2 heterocycles. The van der Waals surface area contributed by atoms with Crippen LogP contribution in [0.25, 0.3) is 10.9 Å². The Morgan fingerprint density at radius 1 is 1.32 bits per heavy atom. The van der Waals surface area contributed by atoms with Crippen LogP contribution in [0.3, 0.4) is 0 Å². The van der Waals surface area contributed by atoms with E-state index in [1.807, 2.05) is 0 Å². The molecule has 0 saturated carbocycles. The van der Waals surface area contributed by atoms with E-state index in [0.29, 0.717) is 10.9 Å². The number of aromatic amines is 1. The first kappa shape index (κ1) is 17.0. The number of ether oxygens (including phenoxy) is 2. The van der Waals surface area contributed by atoms with Crippen molar-refractivity contribution in [1.29, 1.82) is 0 Å². The first-order valence-electron chi connectivity index (χ1n) is 7.14. The van der Waals surface area contributed by atoms with Gasteiger partial charge in [-0.05, 0) is 12.1 Å². The SMILES string of the molecule is O=C1O[C@H]([C@H](CBr)OC(=O)c2cc(=O)c3ccccc3[nH]2)C(O)=C1O. The minimum absolute atomic E-state index is 0.0197. The third kappa shape index (κ3) is 3.10. The maximum absolute atomic E-state index is 12.3. The molecule has 2 atom stereocenters. The number of hydrogen-bond donors (Lipinski definition) is 3. The number of fused-ring (bicyclic) bond motifs is 1. The van der Waals surface area contributed by atoms with Crippen molar-refractivity contribution < 1.29 is 29.3 Å². The molecule has 130 valence electrons. The number of para-hydroxylation sites is 1. The van der Waals surface area contributed by atoms with E-state index in [-0.39, 0.29) is 16.5 Å². The number of carbonyl (C=O) groups is 2. The van der Waals surface area contributed by atoms with Gasteiger partial charge < -0.3 is 24.7 Å². The van der Waals surface area contributed by atoms with E-state index in [1.54, 1.807) is 24.3 Å². The summed E-state index contributed by atoms with van der Waals surface area (Å²) in [5.74, 6) is -3.62. The van der Waals surface area contributed by atoms with Crippen LogP contribution in [0.15, 0.2) is 46.6 Å². The molecule has 0 amide bonds. The van der Waals surface area contributed by atoms with Gasteiger partial charge in [-0.2, -0.15) is 0 Å². The highest BCUT2D eigenvalue weighted by atomic mass is 79.9. The molecule has 0 aliphatic carbocycles. The second-order valence-electron chi connectivity index (χ2n) is 5.25. The lowest BCUT2D eigenvalue weighted by molar-refractivity contribution is -0.146. The summed E-state index contributed by atoms with van der Waals surface area (Å²) in [6, 6.07) is 7.77. The number of aliphatic hydroxyl groups is 2. The Balaban J connectivity index is 1.86. The van der Waals surface area contributed by atoms with Crippen LogP contribution in [0, 0.1) is 0 Å². The van der Waals surface area contributed by atoms with Crippen molar-refractivity contribution >= 4 is 38.8 Å². The van der Waals surface area contributed by atoms with Crippen LogP contribution in [0.4, 0.5) is 0 Å². The van der Waals surface area contributed by atoms with E-state index in [9.17, 15) is 24.6 Å². The molecular weight excluding hydrogens is 398 g/mol. The average molecular weight is 410 g/mol. The van der Waals surface area contributed by atoms with Gasteiger partial charge >= 0.3 is 11.9 Å². The fourth-order valence-electron chi connectivity index (χ4n) is 2.40. The zero-order valence-electron chi connectivity index (χ0n) is 12.6. The van der Waals surface area contributed by atoms with E-state index in [2.05, 4.69) is 20.9 Å². The number of carbonyl (C=O) groups excluding carboxylic acids is 2. The van der Waals surface area contributed by atoms with Crippen LogP contribution in [0.1, 0.15) is 10.5 Å². The lowest BCUT2D eigenvalue weighted by atomic mass is 10.2. The molecule has 3 N–H and O–H groups in total. The Kier molecular flexibility index (Phi) is 4.49. The van der Waals surface area contributed by atoms with Gasteiger partial charge in [-0.1, -0.05) is 28.1 Å². The molecule has 8 nitrogen and oxygen atoms in total. The number of pyridine rings is 1. The first-order valence-corrected chi connectivity index (χ1v) is 8.26. The molecule has 0 fully saturated rings. The Labute approximate surface area is 148 Å². The topological polar surface area (TPSA) is 126 Å². The number of aromatic nitrogens is 1. The van der Waals surface area contributed by atoms with Gasteiger partial charge in [-0.15, -0.1) is 0 Å². The van der Waals surface area contributed by atoms with Crippen molar-refractivity contribution in [3.63, 3.8) is 0 Å². The van der Waals surface area contributed by atoms with E-state index < -0.39 is 35.7 Å². The molecule has 0 saturated heterocycles. The van der Waals surface area contributed by atoms with Gasteiger partial charge in [0, 0.05) is 22.3 Å². The normalized spacial score (nSPS) is 18.3. The zero-order valence-corrected chi connectivity index (χ0v) is 14.1. The number of esters is 2. The molecule has 0 radical (unpaired) electrons. The third-order valence-corrected chi connectivity index (χ3v) is 4.28. The monoisotopic (exact) mass is 409 g/mol. The minimum atomic E-state index is -1.33. The molecule has 1 aromatic heterocycles. The Hall–Kier alpha value is -2.81. The maximum Gasteiger partial charge on any atom is 0.378 e.